The van der Waals surface area contributed by atoms with Crippen LogP contribution in [0.3, 0.4) is 0 Å². The Balaban J connectivity index is 3.98. The molecule has 0 fully saturated rings. The summed E-state index contributed by atoms with van der Waals surface area (Å²) in [6.07, 6.45) is 0.976. The van der Waals surface area contributed by atoms with Gasteiger partial charge >= 0.3 is 0 Å². The van der Waals surface area contributed by atoms with Gasteiger partial charge in [0.25, 0.3) is 0 Å². The average Bonchev–Trinajstić information content (AvgIpc) is 2.29. The van der Waals surface area contributed by atoms with Crippen molar-refractivity contribution in [3.63, 3.8) is 0 Å². The van der Waals surface area contributed by atoms with Gasteiger partial charge in [0.15, 0.2) is 0 Å². The summed E-state index contributed by atoms with van der Waals surface area (Å²) >= 11 is 0. The quantitative estimate of drug-likeness (QED) is 0.478. The fourth-order valence-electron chi connectivity index (χ4n) is 2.03. The molecule has 2 N–H and O–H groups in total. The number of nitrogens with one attached hydrogen (secondary N) is 2. The summed E-state index contributed by atoms with van der Waals surface area (Å²) < 4.78 is 0. The van der Waals surface area contributed by atoms with Crippen LogP contribution in [0.15, 0.2) is 9.98 Å². The molecule has 0 aliphatic carbocycles. The second-order valence-corrected chi connectivity index (χ2v) is 6.54. The molecule has 0 atom stereocenters. The van der Waals surface area contributed by atoms with Gasteiger partial charge in [0.2, 0.25) is 0 Å². The third kappa shape index (κ3) is 12.3. The second-order valence-electron chi connectivity index (χ2n) is 6.54. The van der Waals surface area contributed by atoms with Crippen LogP contribution in [0.4, 0.5) is 0 Å². The van der Waals surface area contributed by atoms with Gasteiger partial charge in [0, 0.05) is 42.5 Å². The summed E-state index contributed by atoms with van der Waals surface area (Å²) in [6.45, 7) is 18.5. The van der Waals surface area contributed by atoms with Crippen LogP contribution in [0.25, 0.3) is 0 Å². The molecule has 0 heterocycles. The molecule has 20 heavy (non-hydrogen) atoms. The molecule has 0 aliphatic rings. The molecule has 0 rings (SSSR count). The van der Waals surface area contributed by atoms with E-state index in [9.17, 15) is 0 Å². The molecule has 0 bridgehead atoms. The van der Waals surface area contributed by atoms with Crippen molar-refractivity contribution in [1.29, 1.82) is 0 Å². The van der Waals surface area contributed by atoms with Crippen molar-refractivity contribution in [3.8, 4) is 0 Å². The van der Waals surface area contributed by atoms with Crippen LogP contribution in [-0.4, -0.2) is 49.2 Å². The average molecular weight is 282 g/mol. The zero-order chi connectivity index (χ0) is 15.6. The molecule has 0 aromatic rings. The molecule has 0 aromatic carbocycles. The summed E-state index contributed by atoms with van der Waals surface area (Å²) in [6, 6.07) is 0.534. The lowest BCUT2D eigenvalue weighted by Crippen LogP contribution is -2.42. The van der Waals surface area contributed by atoms with Gasteiger partial charge in [-0.1, -0.05) is 13.8 Å². The predicted molar refractivity (Wildman–Crippen MR) is 91.5 cm³/mol. The van der Waals surface area contributed by atoms with E-state index in [1.165, 1.54) is 5.71 Å². The molecule has 0 unspecified atom stereocenters. The van der Waals surface area contributed by atoms with E-state index in [4.69, 9.17) is 0 Å². The lowest BCUT2D eigenvalue weighted by atomic mass is 9.98. The lowest BCUT2D eigenvalue weighted by molar-refractivity contribution is 0.407. The molecular weight excluding hydrogens is 248 g/mol. The molecule has 4 nitrogen and oxygen atoms in total. The summed E-state index contributed by atoms with van der Waals surface area (Å²) in [5.41, 5.74) is 2.43. The molecule has 0 aromatic heterocycles. The van der Waals surface area contributed by atoms with Gasteiger partial charge in [0.1, 0.15) is 0 Å². The van der Waals surface area contributed by atoms with Crippen molar-refractivity contribution >= 4 is 11.4 Å². The van der Waals surface area contributed by atoms with Crippen LogP contribution in [0, 0.1) is 0 Å². The Morgan fingerprint density at radius 2 is 1.60 bits per heavy atom. The van der Waals surface area contributed by atoms with Gasteiger partial charge < -0.3 is 10.6 Å². The number of hydrogen-bond donors (Lipinski definition) is 2. The summed E-state index contributed by atoms with van der Waals surface area (Å²) in [5, 5.41) is 6.93. The fourth-order valence-corrected chi connectivity index (χ4v) is 2.03. The first kappa shape index (κ1) is 19.3. The van der Waals surface area contributed by atoms with Crippen molar-refractivity contribution in [2.45, 2.75) is 66.5 Å². The minimum atomic E-state index is 0.0796. The Kier molecular flexibility index (Phi) is 9.68. The summed E-state index contributed by atoms with van der Waals surface area (Å²) in [4.78, 5) is 9.02. The zero-order valence-corrected chi connectivity index (χ0v) is 14.5. The van der Waals surface area contributed by atoms with Crippen LogP contribution in [0.5, 0.6) is 0 Å². The van der Waals surface area contributed by atoms with Gasteiger partial charge in [-0.05, 0) is 34.6 Å². The first-order valence-electron chi connectivity index (χ1n) is 7.69. The fraction of sp³-hybridized carbons (Fsp3) is 0.875. The van der Waals surface area contributed by atoms with Crippen LogP contribution < -0.4 is 10.6 Å². The Labute approximate surface area is 125 Å². The van der Waals surface area contributed by atoms with Crippen molar-refractivity contribution < 1.29 is 0 Å². The molecule has 0 spiro atoms. The van der Waals surface area contributed by atoms with E-state index in [1.54, 1.807) is 0 Å². The first-order valence-corrected chi connectivity index (χ1v) is 7.69. The topological polar surface area (TPSA) is 48.8 Å². The molecule has 0 saturated carbocycles. The maximum atomic E-state index is 4.62. The van der Waals surface area contributed by atoms with Crippen LogP contribution in [0.1, 0.15) is 54.9 Å². The van der Waals surface area contributed by atoms with Gasteiger partial charge in [-0.3, -0.25) is 9.98 Å². The van der Waals surface area contributed by atoms with E-state index in [2.05, 4.69) is 55.2 Å². The van der Waals surface area contributed by atoms with E-state index in [0.717, 1.165) is 38.3 Å². The Hall–Kier alpha value is -0.740. The summed E-state index contributed by atoms with van der Waals surface area (Å²) in [5.74, 6) is 0. The monoisotopic (exact) mass is 282 g/mol. The second kappa shape index (κ2) is 10.1. The normalized spacial score (nSPS) is 12.9. The highest BCUT2D eigenvalue weighted by molar-refractivity contribution is 5.83. The van der Waals surface area contributed by atoms with Crippen molar-refractivity contribution in [1.82, 2.24) is 10.6 Å². The van der Waals surface area contributed by atoms with Crippen LogP contribution in [-0.2, 0) is 0 Å². The molecule has 0 radical (unpaired) electrons. The SMILES string of the molecule is CC(C)=NCCNC(C)(C)C/C(C)=N/CCNC(C)C. The van der Waals surface area contributed by atoms with Gasteiger partial charge in [-0.15, -0.1) is 0 Å². The number of nitrogens with zero attached hydrogens (tertiary/aromatic N) is 2. The first-order chi connectivity index (χ1) is 9.23. The van der Waals surface area contributed by atoms with Crippen molar-refractivity contribution in [2.24, 2.45) is 9.98 Å². The van der Waals surface area contributed by atoms with E-state index < -0.39 is 0 Å². The van der Waals surface area contributed by atoms with E-state index in [0.29, 0.717) is 6.04 Å². The van der Waals surface area contributed by atoms with Gasteiger partial charge in [-0.2, -0.15) is 0 Å². The van der Waals surface area contributed by atoms with E-state index in [1.807, 2.05) is 13.8 Å². The van der Waals surface area contributed by atoms with Gasteiger partial charge in [0.05, 0.1) is 13.1 Å². The number of rotatable bonds is 10. The Morgan fingerprint density at radius 3 is 2.15 bits per heavy atom. The van der Waals surface area contributed by atoms with E-state index in [-0.39, 0.29) is 5.54 Å². The van der Waals surface area contributed by atoms with Gasteiger partial charge in [-0.25, -0.2) is 0 Å². The maximum absolute atomic E-state index is 4.62. The van der Waals surface area contributed by atoms with Crippen LogP contribution in [0.2, 0.25) is 0 Å². The highest BCUT2D eigenvalue weighted by Gasteiger charge is 2.17. The highest BCUT2D eigenvalue weighted by atomic mass is 15.0. The van der Waals surface area contributed by atoms with E-state index >= 15 is 0 Å². The predicted octanol–water partition coefficient (Wildman–Crippen LogP) is 2.68. The largest absolute Gasteiger partial charge is 0.313 e. The molecule has 118 valence electrons. The Morgan fingerprint density at radius 1 is 1.00 bits per heavy atom. The zero-order valence-electron chi connectivity index (χ0n) is 14.5. The third-order valence-corrected chi connectivity index (χ3v) is 2.89. The van der Waals surface area contributed by atoms with Crippen molar-refractivity contribution in [3.05, 3.63) is 0 Å². The minimum Gasteiger partial charge on any atom is -0.313 e. The molecule has 0 amide bonds. The molecular formula is C16H34N4. The van der Waals surface area contributed by atoms with Crippen molar-refractivity contribution in [2.75, 3.05) is 26.2 Å². The lowest BCUT2D eigenvalue weighted by Gasteiger charge is -2.26. The minimum absolute atomic E-state index is 0.0796. The highest BCUT2D eigenvalue weighted by Crippen LogP contribution is 2.09. The number of hydrogen-bond acceptors (Lipinski definition) is 4. The smallest absolute Gasteiger partial charge is 0.0513 e. The molecule has 4 heteroatoms. The summed E-state index contributed by atoms with van der Waals surface area (Å²) in [7, 11) is 0. The van der Waals surface area contributed by atoms with Crippen LogP contribution >= 0.6 is 0 Å². The standard InChI is InChI=1S/C16H34N4/c1-13(2)17-8-9-19-15(5)12-16(6,7)20-11-10-18-14(3)4/h13,17,20H,8-12H2,1-7H3/b19-15+. The maximum Gasteiger partial charge on any atom is 0.0513 e. The molecule has 0 saturated heterocycles. The number of aliphatic imine (C=N–C) groups is 2. The molecule has 0 aliphatic heterocycles. The Bertz CT molecular complexity index is 312. The third-order valence-electron chi connectivity index (χ3n) is 2.89.